The highest BCUT2D eigenvalue weighted by molar-refractivity contribution is 5.87. The zero-order chi connectivity index (χ0) is 26.6. The molecule has 1 amide bonds. The summed E-state index contributed by atoms with van der Waals surface area (Å²) in [5.41, 5.74) is 9.68. The first-order chi connectivity index (χ1) is 18.4. The predicted molar refractivity (Wildman–Crippen MR) is 147 cm³/mol. The van der Waals surface area contributed by atoms with Gasteiger partial charge in [0.25, 0.3) is 0 Å². The van der Waals surface area contributed by atoms with Crippen molar-refractivity contribution in [3.05, 3.63) is 60.8 Å². The van der Waals surface area contributed by atoms with Gasteiger partial charge in [0.05, 0.1) is 24.2 Å². The lowest BCUT2D eigenvalue weighted by molar-refractivity contribution is -0.120. The molecule has 0 unspecified atom stereocenters. The number of nitrogens with zero attached hydrogens (tertiary/aromatic N) is 7. The maximum atomic E-state index is 11.2. The molecule has 4 heterocycles. The monoisotopic (exact) mass is 516 g/mol. The number of fused-ring (bicyclic) bond motifs is 1. The summed E-state index contributed by atoms with van der Waals surface area (Å²) in [5.74, 6) is 0.750. The lowest BCUT2D eigenvalue weighted by atomic mass is 9.91. The van der Waals surface area contributed by atoms with E-state index in [2.05, 4.69) is 68.0 Å². The van der Waals surface area contributed by atoms with Crippen molar-refractivity contribution in [2.24, 2.45) is 18.7 Å². The van der Waals surface area contributed by atoms with Gasteiger partial charge in [-0.25, -0.2) is 9.97 Å². The first kappa shape index (κ1) is 25.9. The van der Waals surface area contributed by atoms with Crippen LogP contribution in [-0.4, -0.2) is 72.5 Å². The van der Waals surface area contributed by atoms with Gasteiger partial charge in [0.2, 0.25) is 5.91 Å². The van der Waals surface area contributed by atoms with Crippen LogP contribution in [0.3, 0.4) is 0 Å². The van der Waals surface area contributed by atoms with E-state index < -0.39 is 6.10 Å². The standard InChI is InChI=1S/C28H36N8O2/c1-3-35(15-20-4-6-21(7-5-20)23-14-32-33(2)16-23)27-24-10-13-36(28(24)31-19-30-27)12-9-22-8-11-34(17-25(22)37)18-26(29)38/h4-7,10,13-14,16,19,22,25,37H,3,8-9,11-12,15,17-18H2,1-2H3,(H2,29,38)/t22-,25+/m0/s1. The minimum absolute atomic E-state index is 0.180. The fourth-order valence-electron chi connectivity index (χ4n) is 5.40. The zero-order valence-corrected chi connectivity index (χ0v) is 22.1. The number of hydrogen-bond donors (Lipinski definition) is 2. The quantitative estimate of drug-likeness (QED) is 0.332. The third-order valence-electron chi connectivity index (χ3n) is 7.51. The molecule has 1 fully saturated rings. The Hall–Kier alpha value is -3.76. The molecule has 10 heteroatoms. The van der Waals surface area contributed by atoms with Gasteiger partial charge < -0.3 is 20.3 Å². The number of primary amides is 1. The number of aliphatic hydroxyl groups excluding tert-OH is 1. The van der Waals surface area contributed by atoms with Crippen LogP contribution in [0.1, 0.15) is 25.3 Å². The summed E-state index contributed by atoms with van der Waals surface area (Å²) in [7, 11) is 1.92. The van der Waals surface area contributed by atoms with Gasteiger partial charge in [-0.15, -0.1) is 0 Å². The van der Waals surface area contributed by atoms with Crippen molar-refractivity contribution >= 4 is 22.8 Å². The topological polar surface area (TPSA) is 118 Å². The molecule has 200 valence electrons. The number of β-amino-alcohol motifs (C(OH)–C–C–N with tert-alkyl or cyclic N) is 1. The lowest BCUT2D eigenvalue weighted by Crippen LogP contribution is -2.47. The predicted octanol–water partition coefficient (Wildman–Crippen LogP) is 2.42. The molecule has 4 aromatic rings. The van der Waals surface area contributed by atoms with Crippen molar-refractivity contribution in [1.82, 2.24) is 29.2 Å². The van der Waals surface area contributed by atoms with Crippen LogP contribution in [0, 0.1) is 5.92 Å². The number of nitrogens with two attached hydrogens (primary N) is 1. The van der Waals surface area contributed by atoms with Crippen molar-refractivity contribution < 1.29 is 9.90 Å². The van der Waals surface area contributed by atoms with Gasteiger partial charge in [0, 0.05) is 51.2 Å². The van der Waals surface area contributed by atoms with Gasteiger partial charge in [0.1, 0.15) is 17.8 Å². The van der Waals surface area contributed by atoms with Crippen LogP contribution in [0.25, 0.3) is 22.2 Å². The Bertz CT molecular complexity index is 1380. The molecule has 1 aliphatic heterocycles. The van der Waals surface area contributed by atoms with Crippen LogP contribution in [0.4, 0.5) is 5.82 Å². The highest BCUT2D eigenvalue weighted by atomic mass is 16.3. The summed E-state index contributed by atoms with van der Waals surface area (Å²) in [6.45, 7) is 5.93. The van der Waals surface area contributed by atoms with Gasteiger partial charge >= 0.3 is 0 Å². The Kier molecular flexibility index (Phi) is 7.71. The maximum Gasteiger partial charge on any atom is 0.231 e. The summed E-state index contributed by atoms with van der Waals surface area (Å²) in [4.78, 5) is 24.7. The number of aliphatic hydroxyl groups is 1. The van der Waals surface area contributed by atoms with Crippen LogP contribution < -0.4 is 10.6 Å². The Balaban J connectivity index is 1.26. The Morgan fingerprint density at radius 2 is 2.00 bits per heavy atom. The third kappa shape index (κ3) is 5.71. The Morgan fingerprint density at radius 3 is 2.68 bits per heavy atom. The first-order valence-corrected chi connectivity index (χ1v) is 13.2. The number of amides is 1. The highest BCUT2D eigenvalue weighted by Gasteiger charge is 2.28. The number of carbonyl (C=O) groups is 1. The van der Waals surface area contributed by atoms with E-state index >= 15 is 0 Å². The first-order valence-electron chi connectivity index (χ1n) is 13.2. The van der Waals surface area contributed by atoms with Crippen molar-refractivity contribution in [3.63, 3.8) is 0 Å². The Labute approximate surface area is 222 Å². The van der Waals surface area contributed by atoms with Gasteiger partial charge in [-0.2, -0.15) is 5.10 Å². The number of rotatable bonds is 10. The van der Waals surface area contributed by atoms with E-state index in [0.717, 1.165) is 67.0 Å². The van der Waals surface area contributed by atoms with Crippen molar-refractivity contribution in [3.8, 4) is 11.1 Å². The van der Waals surface area contributed by atoms with Crippen LogP contribution in [0.2, 0.25) is 0 Å². The SMILES string of the molecule is CCN(Cc1ccc(-c2cnn(C)c2)cc1)c1ncnc2c1ccn2CC[C@@H]1CCN(CC(N)=O)C[C@H]1O. The van der Waals surface area contributed by atoms with E-state index in [1.165, 1.54) is 5.56 Å². The molecule has 3 N–H and O–H groups in total. The maximum absolute atomic E-state index is 11.2. The van der Waals surface area contributed by atoms with E-state index in [1.54, 1.807) is 6.33 Å². The van der Waals surface area contributed by atoms with Gasteiger partial charge in [0.15, 0.2) is 0 Å². The molecule has 2 atom stereocenters. The highest BCUT2D eigenvalue weighted by Crippen LogP contribution is 2.28. The summed E-state index contributed by atoms with van der Waals surface area (Å²) >= 11 is 0. The lowest BCUT2D eigenvalue weighted by Gasteiger charge is -2.35. The van der Waals surface area contributed by atoms with Crippen LogP contribution >= 0.6 is 0 Å². The Morgan fingerprint density at radius 1 is 1.18 bits per heavy atom. The van der Waals surface area contributed by atoms with Gasteiger partial charge in [-0.3, -0.25) is 14.4 Å². The van der Waals surface area contributed by atoms with E-state index in [9.17, 15) is 9.90 Å². The number of hydrogen-bond acceptors (Lipinski definition) is 7. The molecule has 0 bridgehead atoms. The molecule has 5 rings (SSSR count). The summed E-state index contributed by atoms with van der Waals surface area (Å²) < 4.78 is 3.96. The second-order valence-corrected chi connectivity index (χ2v) is 10.2. The van der Waals surface area contributed by atoms with E-state index in [-0.39, 0.29) is 18.4 Å². The van der Waals surface area contributed by atoms with Crippen molar-refractivity contribution in [1.29, 1.82) is 0 Å². The van der Waals surface area contributed by atoms with Gasteiger partial charge in [-0.05, 0) is 49.4 Å². The molecule has 38 heavy (non-hydrogen) atoms. The second kappa shape index (κ2) is 11.3. The molecule has 0 aliphatic carbocycles. The van der Waals surface area contributed by atoms with Gasteiger partial charge in [-0.1, -0.05) is 24.3 Å². The van der Waals surface area contributed by atoms with E-state index in [4.69, 9.17) is 5.73 Å². The smallest absolute Gasteiger partial charge is 0.231 e. The number of piperidine rings is 1. The number of benzene rings is 1. The summed E-state index contributed by atoms with van der Waals surface area (Å²) in [6.07, 6.45) is 8.82. The molecular formula is C28H36N8O2. The molecule has 1 aromatic carbocycles. The van der Waals surface area contributed by atoms with Crippen molar-refractivity contribution in [2.45, 2.75) is 39.0 Å². The molecule has 0 radical (unpaired) electrons. The normalized spacial score (nSPS) is 18.2. The van der Waals surface area contributed by atoms with Crippen LogP contribution in [-0.2, 0) is 24.9 Å². The zero-order valence-electron chi connectivity index (χ0n) is 22.1. The molecule has 0 spiro atoms. The largest absolute Gasteiger partial charge is 0.392 e. The third-order valence-corrected chi connectivity index (χ3v) is 7.51. The fourth-order valence-corrected chi connectivity index (χ4v) is 5.40. The number of anilines is 1. The second-order valence-electron chi connectivity index (χ2n) is 10.2. The molecule has 1 aliphatic rings. The molecular weight excluding hydrogens is 480 g/mol. The molecule has 3 aromatic heterocycles. The summed E-state index contributed by atoms with van der Waals surface area (Å²) in [5, 5.41) is 15.9. The van der Waals surface area contributed by atoms with Crippen molar-refractivity contribution in [2.75, 3.05) is 31.1 Å². The molecule has 1 saturated heterocycles. The number of carbonyl (C=O) groups excluding carboxylic acids is 1. The van der Waals surface area contributed by atoms with Crippen LogP contribution in [0.5, 0.6) is 0 Å². The number of likely N-dealkylation sites (tertiary alicyclic amines) is 1. The van der Waals surface area contributed by atoms with E-state index in [1.807, 2.05) is 29.0 Å². The summed E-state index contributed by atoms with van der Waals surface area (Å²) in [6, 6.07) is 10.7. The fraction of sp³-hybridized carbons (Fsp3) is 0.429. The van der Waals surface area contributed by atoms with Crippen LogP contribution in [0.15, 0.2) is 55.2 Å². The molecule has 0 saturated carbocycles. The minimum atomic E-state index is -0.463. The number of aromatic nitrogens is 5. The average Bonchev–Trinajstić information content (AvgIpc) is 3.53. The molecule has 10 nitrogen and oxygen atoms in total. The minimum Gasteiger partial charge on any atom is -0.392 e. The number of aryl methyl sites for hydroxylation is 2. The van der Waals surface area contributed by atoms with E-state index in [0.29, 0.717) is 6.54 Å². The average molecular weight is 517 g/mol.